The molecule has 0 radical (unpaired) electrons. The number of carbonyl (C=O) groups excluding carboxylic acids is 1. The van der Waals surface area contributed by atoms with Crippen LogP contribution < -0.4 is 9.47 Å². The van der Waals surface area contributed by atoms with E-state index in [1.54, 1.807) is 18.2 Å². The summed E-state index contributed by atoms with van der Waals surface area (Å²) < 4.78 is 11.3. The number of ketones is 1. The Hall–Kier alpha value is -3.21. The van der Waals surface area contributed by atoms with Crippen LogP contribution in [0.15, 0.2) is 48.1 Å². The largest absolute Gasteiger partial charge is 0.507 e. The highest BCUT2D eigenvalue weighted by molar-refractivity contribution is 5.98. The van der Waals surface area contributed by atoms with Crippen LogP contribution in [0.25, 0.3) is 6.08 Å². The maximum absolute atomic E-state index is 12.6. The summed E-state index contributed by atoms with van der Waals surface area (Å²) in [6.45, 7) is 6.15. The van der Waals surface area contributed by atoms with Gasteiger partial charge in [0.15, 0.2) is 17.3 Å². The van der Waals surface area contributed by atoms with Gasteiger partial charge in [0.05, 0.1) is 12.7 Å². The standard InChI is InChI=1S/C26H30O5/c1-17(2)6-5-14-26(3)15-13-20-18(8-12-23(28)25(20)31-26)7-11-22(27)21-10-9-19(30-4)16-24(21)29/h6,8-10,12-13,15-16,28-29H,5,7,11,14H2,1-4H3. The number of ether oxygens (including phenoxy) is 2. The van der Waals surface area contributed by atoms with E-state index in [4.69, 9.17) is 9.47 Å². The number of carbonyl (C=O) groups is 1. The molecule has 1 heterocycles. The highest BCUT2D eigenvalue weighted by Crippen LogP contribution is 2.42. The van der Waals surface area contributed by atoms with Crippen molar-refractivity contribution in [2.75, 3.05) is 7.11 Å². The van der Waals surface area contributed by atoms with Crippen LogP contribution in [-0.2, 0) is 6.42 Å². The number of phenols is 2. The van der Waals surface area contributed by atoms with Crippen molar-refractivity contribution in [2.24, 2.45) is 0 Å². The summed E-state index contributed by atoms with van der Waals surface area (Å²) in [7, 11) is 1.51. The van der Waals surface area contributed by atoms with E-state index in [9.17, 15) is 15.0 Å². The lowest BCUT2D eigenvalue weighted by Gasteiger charge is -2.32. The number of hydrogen-bond donors (Lipinski definition) is 2. The molecule has 5 nitrogen and oxygen atoms in total. The van der Waals surface area contributed by atoms with E-state index < -0.39 is 5.60 Å². The van der Waals surface area contributed by atoms with E-state index in [0.29, 0.717) is 17.9 Å². The quantitative estimate of drug-likeness (QED) is 0.413. The molecule has 1 atom stereocenters. The minimum atomic E-state index is -0.500. The van der Waals surface area contributed by atoms with E-state index in [-0.39, 0.29) is 29.3 Å². The highest BCUT2D eigenvalue weighted by Gasteiger charge is 2.29. The van der Waals surface area contributed by atoms with Crippen molar-refractivity contribution in [3.05, 3.63) is 64.7 Å². The first-order chi connectivity index (χ1) is 14.7. The number of aromatic hydroxyl groups is 2. The second-order valence-corrected chi connectivity index (χ2v) is 8.36. The van der Waals surface area contributed by atoms with Crippen molar-refractivity contribution >= 4 is 11.9 Å². The third-order valence-electron chi connectivity index (χ3n) is 5.52. The summed E-state index contributed by atoms with van der Waals surface area (Å²) in [5.41, 5.74) is 2.75. The summed E-state index contributed by atoms with van der Waals surface area (Å²) in [6, 6.07) is 8.09. The van der Waals surface area contributed by atoms with Gasteiger partial charge in [-0.1, -0.05) is 23.8 Å². The first kappa shape index (κ1) is 22.5. The summed E-state index contributed by atoms with van der Waals surface area (Å²) >= 11 is 0. The molecule has 164 valence electrons. The Morgan fingerprint density at radius 3 is 2.61 bits per heavy atom. The minimum Gasteiger partial charge on any atom is -0.507 e. The lowest BCUT2D eigenvalue weighted by atomic mass is 9.91. The number of hydrogen-bond acceptors (Lipinski definition) is 5. The second-order valence-electron chi connectivity index (χ2n) is 8.36. The fourth-order valence-corrected chi connectivity index (χ4v) is 3.70. The van der Waals surface area contributed by atoms with Crippen molar-refractivity contribution in [3.8, 4) is 23.0 Å². The van der Waals surface area contributed by atoms with Gasteiger partial charge >= 0.3 is 0 Å². The SMILES string of the molecule is COc1ccc(C(=O)CCc2ccc(O)c3c2C=CC(C)(CCC=C(C)C)O3)c(O)c1. The van der Waals surface area contributed by atoms with Crippen LogP contribution in [0.5, 0.6) is 23.0 Å². The Morgan fingerprint density at radius 2 is 1.94 bits per heavy atom. The molecule has 0 bridgehead atoms. The Kier molecular flexibility index (Phi) is 6.74. The van der Waals surface area contributed by atoms with Gasteiger partial charge in [-0.25, -0.2) is 0 Å². The predicted molar refractivity (Wildman–Crippen MR) is 122 cm³/mol. The molecule has 0 aliphatic carbocycles. The van der Waals surface area contributed by atoms with Gasteiger partial charge < -0.3 is 19.7 Å². The van der Waals surface area contributed by atoms with Gasteiger partial charge in [-0.2, -0.15) is 0 Å². The lowest BCUT2D eigenvalue weighted by molar-refractivity contribution is 0.0979. The fraction of sp³-hybridized carbons (Fsp3) is 0.346. The molecular formula is C26H30O5. The van der Waals surface area contributed by atoms with Crippen LogP contribution >= 0.6 is 0 Å². The molecule has 1 unspecified atom stereocenters. The Labute approximate surface area is 183 Å². The number of methoxy groups -OCH3 is 1. The average molecular weight is 423 g/mol. The molecule has 3 rings (SSSR count). The summed E-state index contributed by atoms with van der Waals surface area (Å²) in [5, 5.41) is 20.5. The number of aryl methyl sites for hydroxylation is 1. The molecule has 2 aromatic rings. The average Bonchev–Trinajstić information content (AvgIpc) is 2.73. The van der Waals surface area contributed by atoms with Crippen molar-refractivity contribution < 1.29 is 24.5 Å². The van der Waals surface area contributed by atoms with E-state index >= 15 is 0 Å². The molecule has 0 saturated carbocycles. The van der Waals surface area contributed by atoms with E-state index in [1.807, 2.05) is 25.1 Å². The molecule has 5 heteroatoms. The number of fused-ring (bicyclic) bond motifs is 1. The number of rotatable bonds is 8. The lowest BCUT2D eigenvalue weighted by Crippen LogP contribution is -2.32. The zero-order valence-corrected chi connectivity index (χ0v) is 18.6. The van der Waals surface area contributed by atoms with Crippen LogP contribution in [0.3, 0.4) is 0 Å². The third-order valence-corrected chi connectivity index (χ3v) is 5.52. The van der Waals surface area contributed by atoms with Gasteiger partial charge in [0.1, 0.15) is 17.1 Å². The van der Waals surface area contributed by atoms with Crippen molar-refractivity contribution in [3.63, 3.8) is 0 Å². The Bertz CT molecular complexity index is 1030. The topological polar surface area (TPSA) is 76.0 Å². The molecule has 0 saturated heterocycles. The van der Waals surface area contributed by atoms with Gasteiger partial charge in [-0.3, -0.25) is 4.79 Å². The maximum atomic E-state index is 12.6. The molecular weight excluding hydrogens is 392 g/mol. The molecule has 1 aliphatic heterocycles. The van der Waals surface area contributed by atoms with Crippen LogP contribution in [0.4, 0.5) is 0 Å². The molecule has 0 spiro atoms. The Balaban J connectivity index is 1.75. The molecule has 2 aromatic carbocycles. The Morgan fingerprint density at radius 1 is 1.16 bits per heavy atom. The highest BCUT2D eigenvalue weighted by atomic mass is 16.5. The van der Waals surface area contributed by atoms with Crippen LogP contribution in [0, 0.1) is 0 Å². The smallest absolute Gasteiger partial charge is 0.169 e. The molecule has 0 amide bonds. The second kappa shape index (κ2) is 9.29. The summed E-state index contributed by atoms with van der Waals surface area (Å²) in [4.78, 5) is 12.6. The maximum Gasteiger partial charge on any atom is 0.169 e. The molecule has 2 N–H and O–H groups in total. The van der Waals surface area contributed by atoms with Gasteiger partial charge in [0, 0.05) is 18.1 Å². The number of Topliss-reactive ketones (excluding diaryl/α,β-unsaturated/α-hetero) is 1. The van der Waals surface area contributed by atoms with Gasteiger partial charge in [-0.05, 0) is 69.9 Å². The number of phenolic OH excluding ortho intramolecular Hbond substituents is 2. The van der Waals surface area contributed by atoms with E-state index in [0.717, 1.165) is 24.0 Å². The molecule has 1 aliphatic rings. The van der Waals surface area contributed by atoms with Crippen molar-refractivity contribution in [2.45, 2.75) is 52.1 Å². The summed E-state index contributed by atoms with van der Waals surface area (Å²) in [5.74, 6) is 0.799. The van der Waals surface area contributed by atoms with E-state index in [2.05, 4.69) is 19.9 Å². The van der Waals surface area contributed by atoms with Crippen LogP contribution in [0.1, 0.15) is 61.5 Å². The van der Waals surface area contributed by atoms with E-state index in [1.165, 1.54) is 18.7 Å². The fourth-order valence-electron chi connectivity index (χ4n) is 3.70. The first-order valence-corrected chi connectivity index (χ1v) is 10.5. The molecule has 0 fully saturated rings. The number of benzene rings is 2. The monoisotopic (exact) mass is 422 g/mol. The van der Waals surface area contributed by atoms with Gasteiger partial charge in [0.25, 0.3) is 0 Å². The molecule has 0 aromatic heterocycles. The first-order valence-electron chi connectivity index (χ1n) is 10.5. The summed E-state index contributed by atoms with van der Waals surface area (Å²) in [6.07, 6.45) is 8.55. The van der Waals surface area contributed by atoms with Crippen molar-refractivity contribution in [1.82, 2.24) is 0 Å². The normalized spacial score (nSPS) is 16.9. The van der Waals surface area contributed by atoms with Gasteiger partial charge in [0.2, 0.25) is 0 Å². The van der Waals surface area contributed by atoms with Crippen molar-refractivity contribution in [1.29, 1.82) is 0 Å². The minimum absolute atomic E-state index is 0.0903. The zero-order valence-electron chi connectivity index (χ0n) is 18.6. The zero-order chi connectivity index (χ0) is 22.6. The number of allylic oxidation sites excluding steroid dienone is 2. The van der Waals surface area contributed by atoms with Crippen LogP contribution in [-0.4, -0.2) is 28.7 Å². The third kappa shape index (κ3) is 5.29. The van der Waals surface area contributed by atoms with Gasteiger partial charge in [-0.15, -0.1) is 0 Å². The van der Waals surface area contributed by atoms with Crippen LogP contribution in [0.2, 0.25) is 0 Å². The predicted octanol–water partition coefficient (Wildman–Crippen LogP) is 5.83. The molecule has 31 heavy (non-hydrogen) atoms.